The minimum Gasteiger partial charge on any atom is -0.396 e. The minimum absolute atomic E-state index is 0.0980. The van der Waals surface area contributed by atoms with Crippen molar-refractivity contribution in [2.75, 3.05) is 6.61 Å². The van der Waals surface area contributed by atoms with Crippen molar-refractivity contribution in [2.45, 2.75) is 51.6 Å². The van der Waals surface area contributed by atoms with E-state index in [9.17, 15) is 0 Å². The van der Waals surface area contributed by atoms with Gasteiger partial charge in [-0.15, -0.1) is 0 Å². The van der Waals surface area contributed by atoms with Crippen molar-refractivity contribution in [3.8, 4) is 0 Å². The molecule has 0 aliphatic carbocycles. The van der Waals surface area contributed by atoms with Crippen LogP contribution in [0.3, 0.4) is 0 Å². The molecule has 0 unspecified atom stereocenters. The lowest BCUT2D eigenvalue weighted by Gasteiger charge is -2.30. The monoisotopic (exact) mass is 268 g/mol. The molecule has 1 nitrogen and oxygen atoms in total. The van der Waals surface area contributed by atoms with Crippen molar-refractivity contribution < 1.29 is 9.21 Å². The molecule has 1 rings (SSSR count). The summed E-state index contributed by atoms with van der Waals surface area (Å²) < 4.78 is 15.3. The average molecular weight is 268 g/mol. The molecule has 0 saturated heterocycles. The first kappa shape index (κ1) is 15.4. The minimum atomic E-state index is -2.88. The number of aryl methyl sites for hydroxylation is 1. The highest BCUT2D eigenvalue weighted by Crippen LogP contribution is 2.33. The summed E-state index contributed by atoms with van der Waals surface area (Å²) in [6.45, 7) is 8.18. The van der Waals surface area contributed by atoms with Crippen LogP contribution in [0.1, 0.15) is 39.7 Å². The predicted molar refractivity (Wildman–Crippen MR) is 78.5 cm³/mol. The average Bonchev–Trinajstić information content (AvgIpc) is 2.35. The van der Waals surface area contributed by atoms with Crippen LogP contribution in [0, 0.1) is 0 Å². The van der Waals surface area contributed by atoms with Gasteiger partial charge in [0.1, 0.15) is 0 Å². The summed E-state index contributed by atoms with van der Waals surface area (Å²) in [5.74, 6) is 0. The molecule has 0 saturated carbocycles. The lowest BCUT2D eigenvalue weighted by molar-refractivity contribution is 0.288. The number of hydrogen-bond donors (Lipinski definition) is 1. The van der Waals surface area contributed by atoms with Crippen molar-refractivity contribution in [1.82, 2.24) is 0 Å². The molecular weight excluding hydrogens is 243 g/mol. The summed E-state index contributed by atoms with van der Waals surface area (Å²) in [5, 5.41) is 9.71. The molecule has 0 heterocycles. The first-order chi connectivity index (χ1) is 8.42. The molecule has 0 aromatic heterocycles. The van der Waals surface area contributed by atoms with Gasteiger partial charge >= 0.3 is 0 Å². The van der Waals surface area contributed by atoms with Gasteiger partial charge in [0.15, 0.2) is 0 Å². The molecule has 102 valence electrons. The maximum Gasteiger partial charge on any atom is 0.282 e. The third-order valence-electron chi connectivity index (χ3n) is 3.70. The summed E-state index contributed by atoms with van der Waals surface area (Å²) in [5.41, 5.74) is 1.37. The van der Waals surface area contributed by atoms with E-state index >= 15 is 4.11 Å². The summed E-state index contributed by atoms with van der Waals surface area (Å²) in [7, 11) is -2.88. The van der Waals surface area contributed by atoms with Crippen molar-refractivity contribution in [3.63, 3.8) is 0 Å². The topological polar surface area (TPSA) is 20.2 Å². The second kappa shape index (κ2) is 6.48. The van der Waals surface area contributed by atoms with Crippen LogP contribution >= 0.6 is 0 Å². The second-order valence-electron chi connectivity index (χ2n) is 5.60. The van der Waals surface area contributed by atoms with Gasteiger partial charge in [-0.1, -0.05) is 52.0 Å². The molecular formula is C15H25FOSi. The number of benzene rings is 1. The summed E-state index contributed by atoms with van der Waals surface area (Å²) in [6.07, 6.45) is 1.63. The van der Waals surface area contributed by atoms with Crippen molar-refractivity contribution >= 4 is 13.6 Å². The van der Waals surface area contributed by atoms with Gasteiger partial charge in [-0.2, -0.15) is 0 Å². The highest BCUT2D eigenvalue weighted by Gasteiger charge is 2.43. The van der Waals surface area contributed by atoms with Crippen LogP contribution in [-0.2, 0) is 6.42 Å². The zero-order valence-corrected chi connectivity index (χ0v) is 12.9. The molecule has 3 heteroatoms. The smallest absolute Gasteiger partial charge is 0.282 e. The summed E-state index contributed by atoms with van der Waals surface area (Å²) >= 11 is 0. The van der Waals surface area contributed by atoms with Gasteiger partial charge in [0.2, 0.25) is 0 Å². The van der Waals surface area contributed by atoms with Crippen LogP contribution in [0.2, 0.25) is 11.1 Å². The molecule has 0 bridgehead atoms. The van der Waals surface area contributed by atoms with E-state index in [0.29, 0.717) is 0 Å². The van der Waals surface area contributed by atoms with E-state index in [1.807, 2.05) is 52.0 Å². The molecule has 0 aliphatic rings. The molecule has 18 heavy (non-hydrogen) atoms. The van der Waals surface area contributed by atoms with E-state index in [1.54, 1.807) is 0 Å². The lowest BCUT2D eigenvalue weighted by atomic mass is 10.1. The van der Waals surface area contributed by atoms with Crippen LogP contribution in [0.25, 0.3) is 0 Å². The van der Waals surface area contributed by atoms with Crippen LogP contribution in [0.4, 0.5) is 4.11 Å². The first-order valence-corrected chi connectivity index (χ1v) is 8.85. The SMILES string of the molecule is CC(C)[Si](F)(c1ccc(CCCO)cc1)C(C)C. The third kappa shape index (κ3) is 3.21. The van der Waals surface area contributed by atoms with Gasteiger partial charge in [0.25, 0.3) is 8.41 Å². The number of aliphatic hydroxyl groups is 1. The Labute approximate surface area is 111 Å². The van der Waals surface area contributed by atoms with E-state index in [4.69, 9.17) is 5.11 Å². The predicted octanol–water partition coefficient (Wildman–Crippen LogP) is 3.55. The normalized spacial score (nSPS) is 12.4. The van der Waals surface area contributed by atoms with Crippen LogP contribution in [0.5, 0.6) is 0 Å². The third-order valence-corrected chi connectivity index (χ3v) is 8.28. The van der Waals surface area contributed by atoms with Gasteiger partial charge in [-0.3, -0.25) is 0 Å². The van der Waals surface area contributed by atoms with Crippen molar-refractivity contribution in [2.24, 2.45) is 0 Å². The number of aliphatic hydroxyl groups excluding tert-OH is 1. The Morgan fingerprint density at radius 2 is 1.56 bits per heavy atom. The number of hydrogen-bond acceptors (Lipinski definition) is 1. The van der Waals surface area contributed by atoms with E-state index in [0.717, 1.165) is 18.0 Å². The quantitative estimate of drug-likeness (QED) is 0.618. The lowest BCUT2D eigenvalue weighted by Crippen LogP contribution is -2.49. The Kier molecular flexibility index (Phi) is 5.54. The van der Waals surface area contributed by atoms with E-state index in [1.165, 1.54) is 5.56 Å². The highest BCUT2D eigenvalue weighted by atomic mass is 28.4. The number of rotatable bonds is 6. The standard InChI is InChI=1S/C15H25FOSi/c1-12(2)18(16,13(3)4)15-9-7-14(8-10-15)6-5-11-17/h7-10,12-13,17H,5-6,11H2,1-4H3. The van der Waals surface area contributed by atoms with Gasteiger partial charge < -0.3 is 9.21 Å². The van der Waals surface area contributed by atoms with E-state index < -0.39 is 8.41 Å². The molecule has 0 spiro atoms. The van der Waals surface area contributed by atoms with Gasteiger partial charge in [-0.05, 0) is 34.7 Å². The molecule has 0 amide bonds. The van der Waals surface area contributed by atoms with Crippen molar-refractivity contribution in [1.29, 1.82) is 0 Å². The largest absolute Gasteiger partial charge is 0.396 e. The Bertz CT molecular complexity index is 351. The Balaban J connectivity index is 2.95. The fraction of sp³-hybridized carbons (Fsp3) is 0.600. The van der Waals surface area contributed by atoms with Gasteiger partial charge in [-0.25, -0.2) is 0 Å². The molecule has 0 aliphatic heterocycles. The number of halogens is 1. The second-order valence-corrected chi connectivity index (χ2v) is 10.0. The maximum atomic E-state index is 15.3. The molecule has 1 N–H and O–H groups in total. The van der Waals surface area contributed by atoms with E-state index in [2.05, 4.69) is 0 Å². The van der Waals surface area contributed by atoms with Crippen LogP contribution in [-0.4, -0.2) is 20.1 Å². The van der Waals surface area contributed by atoms with Crippen LogP contribution < -0.4 is 5.19 Å². The van der Waals surface area contributed by atoms with Gasteiger partial charge in [0, 0.05) is 6.61 Å². The molecule has 0 fully saturated rings. The fourth-order valence-corrected chi connectivity index (χ4v) is 5.89. The molecule has 0 atom stereocenters. The highest BCUT2D eigenvalue weighted by molar-refractivity contribution is 6.88. The Morgan fingerprint density at radius 1 is 1.06 bits per heavy atom. The fourth-order valence-electron chi connectivity index (χ4n) is 2.54. The van der Waals surface area contributed by atoms with E-state index in [-0.39, 0.29) is 17.7 Å². The molecule has 1 aromatic rings. The summed E-state index contributed by atoms with van der Waals surface area (Å²) in [6, 6.07) is 7.94. The van der Waals surface area contributed by atoms with Crippen LogP contribution in [0.15, 0.2) is 24.3 Å². The zero-order valence-electron chi connectivity index (χ0n) is 11.9. The molecule has 1 aromatic carbocycles. The zero-order chi connectivity index (χ0) is 13.8. The van der Waals surface area contributed by atoms with Crippen molar-refractivity contribution in [3.05, 3.63) is 29.8 Å². The maximum absolute atomic E-state index is 15.3. The van der Waals surface area contributed by atoms with Gasteiger partial charge in [0.05, 0.1) is 0 Å². The first-order valence-electron chi connectivity index (χ1n) is 6.82. The summed E-state index contributed by atoms with van der Waals surface area (Å²) in [4.78, 5) is 0. The molecule has 0 radical (unpaired) electrons. The Hall–Kier alpha value is -0.673. The Morgan fingerprint density at radius 3 is 1.94 bits per heavy atom.